The second-order valence-electron chi connectivity index (χ2n) is 7.44. The lowest BCUT2D eigenvalue weighted by atomic mass is 9.78. The smallest absolute Gasteiger partial charge is 0.0702 e. The normalized spacial score (nSPS) is 20.9. The van der Waals surface area contributed by atoms with Gasteiger partial charge in [0, 0.05) is 11.8 Å². The molecule has 3 rings (SSSR count). The second kappa shape index (κ2) is 8.46. The molecule has 0 saturated heterocycles. The molecule has 1 saturated carbocycles. The number of rotatable bonds is 6. The highest BCUT2D eigenvalue weighted by Gasteiger charge is 2.19. The van der Waals surface area contributed by atoms with Crippen molar-refractivity contribution in [2.24, 2.45) is 11.8 Å². The summed E-state index contributed by atoms with van der Waals surface area (Å²) in [7, 11) is 0. The molecule has 0 unspecified atom stereocenters. The zero-order valence-corrected chi connectivity index (χ0v) is 15.3. The third kappa shape index (κ3) is 4.47. The lowest BCUT2D eigenvalue weighted by Gasteiger charge is -2.27. The van der Waals surface area contributed by atoms with Crippen LogP contribution >= 0.6 is 0 Å². The molecule has 1 heteroatoms. The quantitative estimate of drug-likeness (QED) is 0.595. The first-order valence-corrected chi connectivity index (χ1v) is 9.82. The third-order valence-electron chi connectivity index (χ3n) is 5.87. The van der Waals surface area contributed by atoms with Crippen molar-refractivity contribution < 1.29 is 0 Å². The van der Waals surface area contributed by atoms with E-state index in [9.17, 15) is 0 Å². The highest BCUT2D eigenvalue weighted by Crippen LogP contribution is 2.33. The van der Waals surface area contributed by atoms with Crippen LogP contribution in [0, 0.1) is 11.8 Å². The van der Waals surface area contributed by atoms with Crippen molar-refractivity contribution in [1.29, 1.82) is 0 Å². The number of aryl methyl sites for hydroxylation is 2. The Morgan fingerprint density at radius 1 is 0.833 bits per heavy atom. The van der Waals surface area contributed by atoms with Gasteiger partial charge in [-0.15, -0.1) is 0 Å². The van der Waals surface area contributed by atoms with E-state index < -0.39 is 0 Å². The van der Waals surface area contributed by atoms with E-state index in [1.54, 1.807) is 0 Å². The largest absolute Gasteiger partial charge is 0.256 e. The van der Waals surface area contributed by atoms with Crippen LogP contribution in [-0.2, 0) is 12.8 Å². The number of hydrogen-bond acceptors (Lipinski definition) is 1. The average molecular weight is 322 g/mol. The van der Waals surface area contributed by atoms with Crippen molar-refractivity contribution in [3.8, 4) is 11.3 Å². The van der Waals surface area contributed by atoms with E-state index in [0.717, 1.165) is 24.0 Å². The molecule has 1 aliphatic rings. The molecule has 0 spiro atoms. The van der Waals surface area contributed by atoms with Crippen LogP contribution in [-0.4, -0.2) is 4.98 Å². The minimum absolute atomic E-state index is 0.954. The highest BCUT2D eigenvalue weighted by atomic mass is 14.7. The van der Waals surface area contributed by atoms with Crippen molar-refractivity contribution >= 4 is 0 Å². The van der Waals surface area contributed by atoms with E-state index in [0.29, 0.717) is 0 Å². The fraction of sp³-hybridized carbons (Fsp3) is 0.522. The summed E-state index contributed by atoms with van der Waals surface area (Å²) in [5, 5.41) is 0. The van der Waals surface area contributed by atoms with Crippen LogP contribution in [0.5, 0.6) is 0 Å². The minimum atomic E-state index is 0.954. The molecule has 0 aliphatic heterocycles. The van der Waals surface area contributed by atoms with Gasteiger partial charge in [-0.3, -0.25) is 4.98 Å². The van der Waals surface area contributed by atoms with E-state index >= 15 is 0 Å². The number of hydrogen-bond donors (Lipinski definition) is 0. The summed E-state index contributed by atoms with van der Waals surface area (Å²) in [5.74, 6) is 1.96. The Balaban J connectivity index is 1.53. The van der Waals surface area contributed by atoms with E-state index in [-0.39, 0.29) is 0 Å². The fourth-order valence-corrected chi connectivity index (χ4v) is 3.95. The summed E-state index contributed by atoms with van der Waals surface area (Å²) >= 11 is 0. The first kappa shape index (κ1) is 17.2. The molecule has 0 N–H and O–H groups in total. The summed E-state index contributed by atoms with van der Waals surface area (Å²) in [6, 6.07) is 13.4. The van der Waals surface area contributed by atoms with Crippen LogP contribution in [0.1, 0.15) is 63.5 Å². The second-order valence-corrected chi connectivity index (χ2v) is 7.44. The molecule has 24 heavy (non-hydrogen) atoms. The monoisotopic (exact) mass is 321 g/mol. The lowest BCUT2D eigenvalue weighted by Crippen LogP contribution is -2.14. The lowest BCUT2D eigenvalue weighted by molar-refractivity contribution is 0.259. The molecule has 1 heterocycles. The van der Waals surface area contributed by atoms with E-state index in [2.05, 4.69) is 55.2 Å². The van der Waals surface area contributed by atoms with Crippen molar-refractivity contribution in [1.82, 2.24) is 4.98 Å². The van der Waals surface area contributed by atoms with Gasteiger partial charge in [-0.1, -0.05) is 76.3 Å². The van der Waals surface area contributed by atoms with Gasteiger partial charge >= 0.3 is 0 Å². The van der Waals surface area contributed by atoms with Crippen LogP contribution in [0.3, 0.4) is 0 Å². The van der Waals surface area contributed by atoms with Gasteiger partial charge in [-0.05, 0) is 48.3 Å². The van der Waals surface area contributed by atoms with Crippen molar-refractivity contribution in [3.05, 3.63) is 53.7 Å². The van der Waals surface area contributed by atoms with Crippen molar-refractivity contribution in [3.63, 3.8) is 0 Å². The van der Waals surface area contributed by atoms with Gasteiger partial charge in [0.15, 0.2) is 0 Å². The molecule has 0 bridgehead atoms. The maximum Gasteiger partial charge on any atom is 0.0702 e. The van der Waals surface area contributed by atoms with Gasteiger partial charge in [0.05, 0.1) is 5.69 Å². The molecule has 1 aliphatic carbocycles. The first-order chi connectivity index (χ1) is 11.8. The van der Waals surface area contributed by atoms with Crippen molar-refractivity contribution in [2.75, 3.05) is 0 Å². The molecule has 2 aromatic rings. The van der Waals surface area contributed by atoms with Crippen LogP contribution in [0.4, 0.5) is 0 Å². The van der Waals surface area contributed by atoms with Gasteiger partial charge in [-0.2, -0.15) is 0 Å². The Morgan fingerprint density at radius 2 is 1.50 bits per heavy atom. The number of aromatic nitrogens is 1. The van der Waals surface area contributed by atoms with Gasteiger partial charge in [0.1, 0.15) is 0 Å². The number of nitrogens with zero attached hydrogens (tertiary/aromatic N) is 1. The fourth-order valence-electron chi connectivity index (χ4n) is 3.95. The minimum Gasteiger partial charge on any atom is -0.256 e. The standard InChI is InChI=1S/C23H31N/c1-3-18-5-7-20(8-6-18)9-10-21-11-14-22(15-12-21)23-16-13-19(4-2)17-24-23/h11-18,20H,3-10H2,1-2H3. The summed E-state index contributed by atoms with van der Waals surface area (Å²) in [5.41, 5.74) is 5.08. The first-order valence-electron chi connectivity index (χ1n) is 9.82. The van der Waals surface area contributed by atoms with Gasteiger partial charge in [0.2, 0.25) is 0 Å². The Bertz CT molecular complexity index is 603. The van der Waals surface area contributed by atoms with Crippen molar-refractivity contribution in [2.45, 2.75) is 65.2 Å². The summed E-state index contributed by atoms with van der Waals surface area (Å²) in [6.07, 6.45) is 12.8. The zero-order valence-electron chi connectivity index (χ0n) is 15.3. The summed E-state index contributed by atoms with van der Waals surface area (Å²) < 4.78 is 0. The Morgan fingerprint density at radius 3 is 2.08 bits per heavy atom. The van der Waals surface area contributed by atoms with E-state index in [4.69, 9.17) is 0 Å². The third-order valence-corrected chi connectivity index (χ3v) is 5.87. The molecular formula is C23H31N. The molecule has 128 valence electrons. The maximum atomic E-state index is 4.58. The van der Waals surface area contributed by atoms with Gasteiger partial charge in [-0.25, -0.2) is 0 Å². The molecule has 0 radical (unpaired) electrons. The van der Waals surface area contributed by atoms with Gasteiger partial charge in [0.25, 0.3) is 0 Å². The maximum absolute atomic E-state index is 4.58. The van der Waals surface area contributed by atoms with E-state index in [1.165, 1.54) is 61.6 Å². The predicted octanol–water partition coefficient (Wildman–Crippen LogP) is 6.46. The Hall–Kier alpha value is -1.63. The average Bonchev–Trinajstić information content (AvgIpc) is 2.67. The summed E-state index contributed by atoms with van der Waals surface area (Å²) in [6.45, 7) is 4.51. The molecule has 1 aromatic heterocycles. The zero-order chi connectivity index (χ0) is 16.8. The van der Waals surface area contributed by atoms with Crippen LogP contribution in [0.2, 0.25) is 0 Å². The summed E-state index contributed by atoms with van der Waals surface area (Å²) in [4.78, 5) is 4.58. The van der Waals surface area contributed by atoms with Crippen LogP contribution < -0.4 is 0 Å². The SMILES string of the molecule is CCc1ccc(-c2ccc(CCC3CCC(CC)CC3)cc2)nc1. The van der Waals surface area contributed by atoms with E-state index in [1.807, 2.05) is 6.20 Å². The van der Waals surface area contributed by atoms with Gasteiger partial charge < -0.3 is 0 Å². The molecule has 1 aromatic carbocycles. The van der Waals surface area contributed by atoms with Crippen LogP contribution in [0.15, 0.2) is 42.6 Å². The Kier molecular flexibility index (Phi) is 6.07. The molecule has 1 fully saturated rings. The predicted molar refractivity (Wildman–Crippen MR) is 103 cm³/mol. The molecule has 0 amide bonds. The number of pyridine rings is 1. The van der Waals surface area contributed by atoms with Crippen LogP contribution in [0.25, 0.3) is 11.3 Å². The Labute approximate surface area is 147 Å². The molecule has 1 nitrogen and oxygen atoms in total. The molecular weight excluding hydrogens is 290 g/mol. The highest BCUT2D eigenvalue weighted by molar-refractivity contribution is 5.59. The number of benzene rings is 1. The topological polar surface area (TPSA) is 12.9 Å². The molecule has 0 atom stereocenters.